The molecule has 0 atom stereocenters. The van der Waals surface area contributed by atoms with Gasteiger partial charge in [-0.05, 0) is 74.9 Å². The van der Waals surface area contributed by atoms with E-state index < -0.39 is 0 Å². The molecule has 0 saturated carbocycles. The van der Waals surface area contributed by atoms with Crippen molar-refractivity contribution in [2.75, 3.05) is 9.80 Å². The van der Waals surface area contributed by atoms with Crippen LogP contribution in [-0.4, -0.2) is 6.71 Å². The fraction of sp³-hybridized carbons (Fsp3) is 0.138. The Labute approximate surface area is 371 Å². The summed E-state index contributed by atoms with van der Waals surface area (Å²) in [5, 5.41) is 0. The molecule has 9 aromatic rings. The molecule has 11 rings (SSSR count). The summed E-state index contributed by atoms with van der Waals surface area (Å²) in [5.41, 5.74) is 18.1. The van der Waals surface area contributed by atoms with Crippen molar-refractivity contribution in [3.8, 4) is 44.9 Å². The molecule has 0 aliphatic carbocycles. The van der Waals surface area contributed by atoms with Gasteiger partial charge in [0.15, 0.2) is 0 Å². The number of furan rings is 2. The van der Waals surface area contributed by atoms with Gasteiger partial charge in [-0.15, -0.1) is 0 Å². The van der Waals surface area contributed by atoms with Crippen molar-refractivity contribution < 1.29 is 8.83 Å². The Morgan fingerprint density at radius 3 is 1.03 bits per heavy atom. The molecule has 5 heteroatoms. The Morgan fingerprint density at radius 1 is 0.365 bits per heavy atom. The van der Waals surface area contributed by atoms with Crippen molar-refractivity contribution in [1.29, 1.82) is 0 Å². The standard InChI is InChI=1S/C58H49BN2O2/c1-57(2,3)42-30-34-44(35-31-42)60-46-28-19-29-47-50(46)59(55-51(60)48(38-20-11-7-12-21-38)53(62-55)40-24-15-9-16-25-40)56-52(61(47)45-36-32-43(33-37-45)58(4,5)6)49(39-22-13-8-14-23-39)54(63-56)41-26-17-10-18-27-41/h7-37H,1-6H3. The molecule has 0 bridgehead atoms. The molecule has 0 saturated heterocycles. The van der Waals surface area contributed by atoms with Crippen LogP contribution in [0.25, 0.3) is 44.9 Å². The van der Waals surface area contributed by atoms with Gasteiger partial charge >= 0.3 is 6.71 Å². The molecule has 2 aliphatic rings. The predicted molar refractivity (Wildman–Crippen MR) is 264 cm³/mol. The van der Waals surface area contributed by atoms with E-state index in [-0.39, 0.29) is 17.5 Å². The van der Waals surface area contributed by atoms with Gasteiger partial charge in [0.2, 0.25) is 0 Å². The minimum atomic E-state index is -0.378. The molecule has 0 unspecified atom stereocenters. The van der Waals surface area contributed by atoms with Crippen molar-refractivity contribution in [3.05, 3.63) is 199 Å². The van der Waals surface area contributed by atoms with Crippen LogP contribution in [0.15, 0.2) is 197 Å². The smallest absolute Gasteiger partial charge is 0.342 e. The maximum atomic E-state index is 7.55. The van der Waals surface area contributed by atoms with Crippen LogP contribution in [0.3, 0.4) is 0 Å². The summed E-state index contributed by atoms with van der Waals surface area (Å²) in [6.45, 7) is 13.2. The minimum Gasteiger partial charge on any atom is -0.467 e. The maximum Gasteiger partial charge on any atom is 0.342 e. The quantitative estimate of drug-likeness (QED) is 0.157. The van der Waals surface area contributed by atoms with Gasteiger partial charge in [-0.3, -0.25) is 0 Å². The van der Waals surface area contributed by atoms with Crippen LogP contribution >= 0.6 is 0 Å². The Morgan fingerprint density at radius 2 is 0.698 bits per heavy atom. The van der Waals surface area contributed by atoms with E-state index >= 15 is 0 Å². The second-order valence-electron chi connectivity index (χ2n) is 18.9. The topological polar surface area (TPSA) is 32.8 Å². The SMILES string of the molecule is CC(C)(C)c1ccc(N2c3cccc4c3B(c3oc(-c5ccccc5)c(-c5ccccc5)c32)c2oc(-c3ccccc3)c(-c3ccccc3)c2N4c2ccc(C(C)(C)C)cc2)cc1. The average Bonchev–Trinajstić information content (AvgIpc) is 3.90. The lowest BCUT2D eigenvalue weighted by molar-refractivity contribution is 0.590. The summed E-state index contributed by atoms with van der Waals surface area (Å²) < 4.78 is 15.1. The molecule has 7 aromatic carbocycles. The van der Waals surface area contributed by atoms with Gasteiger partial charge in [0, 0.05) is 33.9 Å². The third-order valence-corrected chi connectivity index (χ3v) is 12.8. The first-order valence-electron chi connectivity index (χ1n) is 22.1. The summed E-state index contributed by atoms with van der Waals surface area (Å²) in [4.78, 5) is 4.89. The van der Waals surface area contributed by atoms with Gasteiger partial charge in [0.25, 0.3) is 0 Å². The first-order valence-corrected chi connectivity index (χ1v) is 22.1. The van der Waals surface area contributed by atoms with Gasteiger partial charge in [-0.2, -0.15) is 0 Å². The average molecular weight is 817 g/mol. The number of fused-ring (bicyclic) bond motifs is 4. The van der Waals surface area contributed by atoms with Crippen LogP contribution in [0, 0.1) is 0 Å². The van der Waals surface area contributed by atoms with Crippen molar-refractivity contribution in [2.24, 2.45) is 0 Å². The van der Waals surface area contributed by atoms with Gasteiger partial charge in [-0.1, -0.05) is 193 Å². The van der Waals surface area contributed by atoms with Gasteiger partial charge < -0.3 is 18.6 Å². The predicted octanol–water partition coefficient (Wildman–Crippen LogP) is 14.2. The number of rotatable bonds is 6. The van der Waals surface area contributed by atoms with Crippen LogP contribution in [0.2, 0.25) is 0 Å². The third kappa shape index (κ3) is 6.37. The van der Waals surface area contributed by atoms with E-state index in [1.54, 1.807) is 0 Å². The van der Waals surface area contributed by atoms with Crippen LogP contribution in [0.4, 0.5) is 34.1 Å². The van der Waals surface area contributed by atoms with Crippen LogP contribution in [0.1, 0.15) is 52.7 Å². The fourth-order valence-electron chi connectivity index (χ4n) is 9.65. The summed E-state index contributed by atoms with van der Waals surface area (Å²) in [6.07, 6.45) is 0. The normalized spacial score (nSPS) is 13.1. The Hall–Kier alpha value is -7.24. The Kier molecular flexibility index (Phi) is 9.02. The fourth-order valence-corrected chi connectivity index (χ4v) is 9.65. The summed E-state index contributed by atoms with van der Waals surface area (Å²) >= 11 is 0. The molecule has 4 heterocycles. The van der Waals surface area contributed by atoms with E-state index in [1.807, 2.05) is 0 Å². The van der Waals surface area contributed by atoms with E-state index in [0.717, 1.165) is 95.8 Å². The van der Waals surface area contributed by atoms with Crippen LogP contribution in [-0.2, 0) is 10.8 Å². The van der Waals surface area contributed by atoms with E-state index in [0.29, 0.717) is 0 Å². The van der Waals surface area contributed by atoms with Crippen molar-refractivity contribution >= 4 is 57.6 Å². The molecule has 0 N–H and O–H groups in total. The zero-order valence-corrected chi connectivity index (χ0v) is 36.7. The van der Waals surface area contributed by atoms with Gasteiger partial charge in [0.05, 0.1) is 22.5 Å². The zero-order valence-electron chi connectivity index (χ0n) is 36.7. The maximum absolute atomic E-state index is 7.55. The summed E-state index contributed by atoms with van der Waals surface area (Å²) in [6, 6.07) is 67.6. The first-order chi connectivity index (χ1) is 30.6. The summed E-state index contributed by atoms with van der Waals surface area (Å²) in [5.74, 6) is 1.66. The monoisotopic (exact) mass is 816 g/mol. The molecular formula is C58H49BN2O2. The highest BCUT2D eigenvalue weighted by molar-refractivity contribution is 6.99. The van der Waals surface area contributed by atoms with E-state index in [4.69, 9.17) is 8.83 Å². The number of anilines is 6. The number of benzene rings is 7. The largest absolute Gasteiger partial charge is 0.467 e. The van der Waals surface area contributed by atoms with Crippen molar-refractivity contribution in [3.63, 3.8) is 0 Å². The molecule has 4 nitrogen and oxygen atoms in total. The minimum absolute atomic E-state index is 0.000434. The highest BCUT2D eigenvalue weighted by Gasteiger charge is 2.51. The molecule has 0 amide bonds. The molecule has 0 radical (unpaired) electrons. The van der Waals surface area contributed by atoms with Gasteiger partial charge in [-0.25, -0.2) is 0 Å². The number of nitrogens with zero attached hydrogens (tertiary/aromatic N) is 2. The lowest BCUT2D eigenvalue weighted by atomic mass is 9.37. The second-order valence-corrected chi connectivity index (χ2v) is 18.9. The van der Waals surface area contributed by atoms with E-state index in [1.165, 1.54) is 11.1 Å². The second kappa shape index (κ2) is 14.7. The molecule has 63 heavy (non-hydrogen) atoms. The van der Waals surface area contributed by atoms with Crippen molar-refractivity contribution in [2.45, 2.75) is 52.4 Å². The van der Waals surface area contributed by atoms with Gasteiger partial charge in [0.1, 0.15) is 22.8 Å². The lowest BCUT2D eigenvalue weighted by Crippen LogP contribution is -2.60. The molecule has 2 aliphatic heterocycles. The Balaban J connectivity index is 1.28. The molecular weight excluding hydrogens is 767 g/mol. The number of hydrogen-bond donors (Lipinski definition) is 0. The van der Waals surface area contributed by atoms with Crippen LogP contribution < -0.4 is 26.6 Å². The summed E-state index contributed by atoms with van der Waals surface area (Å²) in [7, 11) is 0. The zero-order chi connectivity index (χ0) is 43.0. The number of hydrogen-bond acceptors (Lipinski definition) is 4. The lowest BCUT2D eigenvalue weighted by Gasteiger charge is -2.41. The Bertz CT molecular complexity index is 2890. The van der Waals surface area contributed by atoms with Crippen molar-refractivity contribution in [1.82, 2.24) is 0 Å². The first kappa shape index (κ1) is 38.7. The molecule has 306 valence electrons. The third-order valence-electron chi connectivity index (χ3n) is 12.8. The highest BCUT2D eigenvalue weighted by atomic mass is 16.4. The molecule has 0 fully saturated rings. The molecule has 0 spiro atoms. The van der Waals surface area contributed by atoms with Crippen LogP contribution in [0.5, 0.6) is 0 Å². The highest BCUT2D eigenvalue weighted by Crippen LogP contribution is 2.53. The van der Waals surface area contributed by atoms with E-state index in [2.05, 4.69) is 239 Å². The molecule has 2 aromatic heterocycles. The van der Waals surface area contributed by atoms with E-state index in [9.17, 15) is 0 Å².